The topological polar surface area (TPSA) is 59.2 Å². The molecule has 1 aromatic carbocycles. The smallest absolute Gasteiger partial charge is 0.264 e. The molecule has 1 aromatic heterocycles. The Kier molecular flexibility index (Phi) is 3.84. The van der Waals surface area contributed by atoms with E-state index < -0.39 is 24.8 Å². The zero-order valence-electron chi connectivity index (χ0n) is 9.98. The zero-order chi connectivity index (χ0) is 14.0. The van der Waals surface area contributed by atoms with Gasteiger partial charge < -0.3 is 9.63 Å². The molecule has 19 heavy (non-hydrogen) atoms. The quantitative estimate of drug-likeness (QED) is 0.928. The van der Waals surface area contributed by atoms with Gasteiger partial charge in [-0.15, -0.1) is 0 Å². The van der Waals surface area contributed by atoms with Crippen LogP contribution in [-0.4, -0.2) is 27.8 Å². The minimum absolute atomic E-state index is 0.0929. The second-order valence-electron chi connectivity index (χ2n) is 4.08. The van der Waals surface area contributed by atoms with Crippen LogP contribution in [0.15, 0.2) is 22.7 Å². The molecule has 0 aliphatic rings. The first-order valence-electron chi connectivity index (χ1n) is 5.52. The van der Waals surface area contributed by atoms with E-state index in [2.05, 4.69) is 10.1 Å². The van der Waals surface area contributed by atoms with Crippen LogP contribution < -0.4 is 0 Å². The van der Waals surface area contributed by atoms with Crippen molar-refractivity contribution in [2.24, 2.45) is 0 Å². The van der Waals surface area contributed by atoms with Gasteiger partial charge in [0.15, 0.2) is 0 Å². The van der Waals surface area contributed by atoms with Crippen molar-refractivity contribution in [3.8, 4) is 11.4 Å². The van der Waals surface area contributed by atoms with Gasteiger partial charge in [0.1, 0.15) is 11.9 Å². The van der Waals surface area contributed by atoms with Crippen molar-refractivity contribution in [2.75, 3.05) is 0 Å². The van der Waals surface area contributed by atoms with Crippen LogP contribution in [0.4, 0.5) is 13.2 Å². The lowest BCUT2D eigenvalue weighted by atomic mass is 10.1. The van der Waals surface area contributed by atoms with E-state index in [0.29, 0.717) is 11.1 Å². The first kappa shape index (κ1) is 13.5. The SMILES string of the molecule is Cc1ccc(-c2noc(CC(O)C(F)F)n2)cc1F. The molecule has 7 heteroatoms. The highest BCUT2D eigenvalue weighted by molar-refractivity contribution is 5.54. The standard InChI is InChI=1S/C12H11F3N2O2/c1-6-2-3-7(4-8(6)13)12-16-10(19-17-12)5-9(18)11(14)15/h2-4,9,11,18H,5H2,1H3. The second kappa shape index (κ2) is 5.40. The van der Waals surface area contributed by atoms with Crippen molar-refractivity contribution >= 4 is 0 Å². The molecule has 0 spiro atoms. The van der Waals surface area contributed by atoms with Crippen LogP contribution in [0.5, 0.6) is 0 Å². The first-order valence-corrected chi connectivity index (χ1v) is 5.52. The lowest BCUT2D eigenvalue weighted by Gasteiger charge is -2.04. The Balaban J connectivity index is 2.18. The van der Waals surface area contributed by atoms with E-state index in [1.807, 2.05) is 0 Å². The number of alkyl halides is 2. The van der Waals surface area contributed by atoms with Crippen molar-refractivity contribution in [3.05, 3.63) is 35.5 Å². The Morgan fingerprint density at radius 3 is 2.74 bits per heavy atom. The number of aryl methyl sites for hydroxylation is 1. The number of halogens is 3. The molecule has 1 N–H and O–H groups in total. The molecule has 4 nitrogen and oxygen atoms in total. The van der Waals surface area contributed by atoms with Crippen molar-refractivity contribution in [2.45, 2.75) is 25.9 Å². The molecule has 0 fully saturated rings. The van der Waals surface area contributed by atoms with Crippen molar-refractivity contribution < 1.29 is 22.8 Å². The number of nitrogens with zero attached hydrogens (tertiary/aromatic N) is 2. The number of aliphatic hydroxyl groups excluding tert-OH is 1. The number of rotatable bonds is 4. The van der Waals surface area contributed by atoms with E-state index in [9.17, 15) is 13.2 Å². The predicted octanol–water partition coefficient (Wildman–Crippen LogP) is 2.35. The van der Waals surface area contributed by atoms with Crippen LogP contribution in [0.1, 0.15) is 11.5 Å². The predicted molar refractivity (Wildman–Crippen MR) is 60.1 cm³/mol. The largest absolute Gasteiger partial charge is 0.387 e. The third kappa shape index (κ3) is 3.11. The normalized spacial score (nSPS) is 12.9. The molecule has 0 aliphatic heterocycles. The molecule has 1 unspecified atom stereocenters. The summed E-state index contributed by atoms with van der Waals surface area (Å²) in [7, 11) is 0. The summed E-state index contributed by atoms with van der Waals surface area (Å²) < 4.78 is 42.4. The number of benzene rings is 1. The highest BCUT2D eigenvalue weighted by Crippen LogP contribution is 2.19. The van der Waals surface area contributed by atoms with Crippen molar-refractivity contribution in [1.82, 2.24) is 10.1 Å². The van der Waals surface area contributed by atoms with Crippen LogP contribution in [-0.2, 0) is 6.42 Å². The average Bonchev–Trinajstić information content (AvgIpc) is 2.81. The highest BCUT2D eigenvalue weighted by Gasteiger charge is 2.21. The summed E-state index contributed by atoms with van der Waals surface area (Å²) in [5.74, 6) is -0.449. The molecule has 2 rings (SSSR count). The molecule has 102 valence electrons. The summed E-state index contributed by atoms with van der Waals surface area (Å²) in [6.07, 6.45) is -5.19. The third-order valence-electron chi connectivity index (χ3n) is 2.57. The summed E-state index contributed by atoms with van der Waals surface area (Å²) >= 11 is 0. The van der Waals surface area contributed by atoms with Gasteiger partial charge in [-0.05, 0) is 18.6 Å². The molecule has 0 amide bonds. The molecule has 0 bridgehead atoms. The van der Waals surface area contributed by atoms with Gasteiger partial charge in [0.2, 0.25) is 11.7 Å². The van der Waals surface area contributed by atoms with E-state index in [1.54, 1.807) is 19.1 Å². The summed E-state index contributed by atoms with van der Waals surface area (Å²) in [6.45, 7) is 1.61. The van der Waals surface area contributed by atoms with Crippen molar-refractivity contribution in [3.63, 3.8) is 0 Å². The van der Waals surface area contributed by atoms with Gasteiger partial charge >= 0.3 is 0 Å². The van der Waals surface area contributed by atoms with Gasteiger partial charge in [-0.25, -0.2) is 13.2 Å². The van der Waals surface area contributed by atoms with Gasteiger partial charge in [0.05, 0.1) is 6.42 Å². The maximum atomic E-state index is 13.4. The van der Waals surface area contributed by atoms with Crippen LogP contribution in [0.25, 0.3) is 11.4 Å². The van der Waals surface area contributed by atoms with Gasteiger partial charge in [-0.2, -0.15) is 4.98 Å². The van der Waals surface area contributed by atoms with E-state index in [-0.39, 0.29) is 11.7 Å². The van der Waals surface area contributed by atoms with Gasteiger partial charge in [-0.1, -0.05) is 17.3 Å². The van der Waals surface area contributed by atoms with E-state index >= 15 is 0 Å². The Hall–Kier alpha value is -1.89. The molecule has 1 heterocycles. The second-order valence-corrected chi connectivity index (χ2v) is 4.08. The summed E-state index contributed by atoms with van der Waals surface area (Å²) in [5, 5.41) is 12.6. The maximum Gasteiger partial charge on any atom is 0.264 e. The minimum atomic E-state index is -2.88. The van der Waals surface area contributed by atoms with E-state index in [1.165, 1.54) is 6.07 Å². The zero-order valence-corrected chi connectivity index (χ0v) is 9.98. The molecule has 0 radical (unpaired) electrons. The average molecular weight is 272 g/mol. The molecule has 1 atom stereocenters. The fourth-order valence-electron chi connectivity index (χ4n) is 1.45. The summed E-state index contributed by atoms with van der Waals surface area (Å²) in [6, 6.07) is 4.37. The highest BCUT2D eigenvalue weighted by atomic mass is 19.3. The molecular formula is C12H11F3N2O2. The summed E-state index contributed by atoms with van der Waals surface area (Å²) in [5.41, 5.74) is 0.852. The fraction of sp³-hybridized carbons (Fsp3) is 0.333. The molecule has 0 aliphatic carbocycles. The lowest BCUT2D eigenvalue weighted by molar-refractivity contribution is -0.00754. The monoisotopic (exact) mass is 272 g/mol. The number of aromatic nitrogens is 2. The lowest BCUT2D eigenvalue weighted by Crippen LogP contribution is -2.20. The fourth-order valence-corrected chi connectivity index (χ4v) is 1.45. The van der Waals surface area contributed by atoms with Gasteiger partial charge in [0.25, 0.3) is 6.43 Å². The first-order chi connectivity index (χ1) is 8.97. The third-order valence-corrected chi connectivity index (χ3v) is 2.57. The van der Waals surface area contributed by atoms with Crippen molar-refractivity contribution in [1.29, 1.82) is 0 Å². The molecular weight excluding hydrogens is 261 g/mol. The summed E-state index contributed by atoms with van der Waals surface area (Å²) in [4.78, 5) is 3.84. The maximum absolute atomic E-state index is 13.4. The number of hydrogen-bond acceptors (Lipinski definition) is 4. The van der Waals surface area contributed by atoms with Crippen LogP contribution in [0.3, 0.4) is 0 Å². The Morgan fingerprint density at radius 2 is 2.11 bits per heavy atom. The van der Waals surface area contributed by atoms with Gasteiger partial charge in [0, 0.05) is 5.56 Å². The van der Waals surface area contributed by atoms with E-state index in [0.717, 1.165) is 0 Å². The Morgan fingerprint density at radius 1 is 1.37 bits per heavy atom. The van der Waals surface area contributed by atoms with E-state index in [4.69, 9.17) is 9.63 Å². The Labute approximate surface area is 106 Å². The van der Waals surface area contributed by atoms with Gasteiger partial charge in [-0.3, -0.25) is 0 Å². The molecule has 0 saturated carbocycles. The van der Waals surface area contributed by atoms with Crippen LogP contribution >= 0.6 is 0 Å². The Bertz CT molecular complexity index is 572. The molecule has 0 saturated heterocycles. The molecule has 2 aromatic rings. The number of aliphatic hydroxyl groups is 1. The minimum Gasteiger partial charge on any atom is -0.387 e. The number of hydrogen-bond donors (Lipinski definition) is 1. The van der Waals surface area contributed by atoms with Crippen LogP contribution in [0, 0.1) is 12.7 Å². The van der Waals surface area contributed by atoms with Crippen LogP contribution in [0.2, 0.25) is 0 Å².